The van der Waals surface area contributed by atoms with Crippen molar-refractivity contribution in [2.24, 2.45) is 5.41 Å². The zero-order chi connectivity index (χ0) is 10.9. The van der Waals surface area contributed by atoms with Crippen molar-refractivity contribution in [3.8, 4) is 0 Å². The van der Waals surface area contributed by atoms with E-state index in [0.717, 1.165) is 25.8 Å². The summed E-state index contributed by atoms with van der Waals surface area (Å²) < 4.78 is 5.04. The van der Waals surface area contributed by atoms with E-state index in [1.54, 1.807) is 0 Å². The molecule has 84 valence electrons. The molecule has 15 heavy (non-hydrogen) atoms. The highest BCUT2D eigenvalue weighted by atomic mass is 16.5. The minimum atomic E-state index is -0.351. The van der Waals surface area contributed by atoms with E-state index in [-0.39, 0.29) is 17.3 Å². The van der Waals surface area contributed by atoms with Gasteiger partial charge in [0.2, 0.25) is 5.91 Å². The first-order chi connectivity index (χ1) is 7.18. The van der Waals surface area contributed by atoms with Gasteiger partial charge in [0.25, 0.3) is 0 Å². The van der Waals surface area contributed by atoms with Crippen molar-refractivity contribution in [1.82, 2.24) is 4.90 Å². The molecule has 0 N–H and O–H groups in total. The summed E-state index contributed by atoms with van der Waals surface area (Å²) in [5.74, 6) is 0.0651. The monoisotopic (exact) mass is 211 g/mol. The largest absolute Gasteiger partial charge is 0.466 e. The maximum Gasteiger partial charge on any atom is 0.313 e. The van der Waals surface area contributed by atoms with Gasteiger partial charge in [0.1, 0.15) is 0 Å². The van der Waals surface area contributed by atoms with Crippen molar-refractivity contribution in [2.45, 2.75) is 32.6 Å². The average Bonchev–Trinajstić information content (AvgIpc) is 2.88. The minimum absolute atomic E-state index is 0.121. The molecule has 1 heterocycles. The highest BCUT2D eigenvalue weighted by Gasteiger charge is 2.53. The first-order valence-corrected chi connectivity index (χ1v) is 5.63. The average molecular weight is 211 g/mol. The first kappa shape index (κ1) is 10.5. The van der Waals surface area contributed by atoms with Crippen LogP contribution in [0.1, 0.15) is 32.6 Å². The van der Waals surface area contributed by atoms with Gasteiger partial charge in [-0.05, 0) is 26.2 Å². The lowest BCUT2D eigenvalue weighted by atomic mass is 10.1. The van der Waals surface area contributed by atoms with Crippen LogP contribution in [0, 0.1) is 5.41 Å². The Morgan fingerprint density at radius 1 is 1.53 bits per heavy atom. The SMILES string of the molecule is CCOC(=O)C1(CN2CCCC2=O)CC1. The predicted octanol–water partition coefficient (Wildman–Crippen LogP) is 0.952. The maximum atomic E-state index is 11.7. The van der Waals surface area contributed by atoms with Gasteiger partial charge in [-0.25, -0.2) is 0 Å². The number of esters is 1. The molecule has 2 aliphatic rings. The first-order valence-electron chi connectivity index (χ1n) is 5.63. The van der Waals surface area contributed by atoms with Crippen LogP contribution in [0.5, 0.6) is 0 Å². The fraction of sp³-hybridized carbons (Fsp3) is 0.818. The molecular weight excluding hydrogens is 194 g/mol. The molecule has 0 aromatic heterocycles. The molecule has 1 aliphatic heterocycles. The summed E-state index contributed by atoms with van der Waals surface area (Å²) in [6.45, 7) is 3.62. The molecule has 1 aliphatic carbocycles. The molecule has 0 bridgehead atoms. The van der Waals surface area contributed by atoms with Crippen LogP contribution in [0.4, 0.5) is 0 Å². The molecule has 0 aromatic carbocycles. The number of nitrogens with zero attached hydrogens (tertiary/aromatic N) is 1. The van der Waals surface area contributed by atoms with E-state index in [4.69, 9.17) is 4.74 Å². The fourth-order valence-corrected chi connectivity index (χ4v) is 2.10. The van der Waals surface area contributed by atoms with Gasteiger partial charge in [-0.2, -0.15) is 0 Å². The van der Waals surface area contributed by atoms with E-state index in [1.165, 1.54) is 0 Å². The molecule has 1 saturated carbocycles. The van der Waals surface area contributed by atoms with Gasteiger partial charge in [-0.15, -0.1) is 0 Å². The van der Waals surface area contributed by atoms with Gasteiger partial charge < -0.3 is 9.64 Å². The topological polar surface area (TPSA) is 46.6 Å². The highest BCUT2D eigenvalue weighted by Crippen LogP contribution is 2.47. The number of rotatable bonds is 4. The van der Waals surface area contributed by atoms with E-state index >= 15 is 0 Å². The van der Waals surface area contributed by atoms with E-state index in [9.17, 15) is 9.59 Å². The maximum absolute atomic E-state index is 11.7. The summed E-state index contributed by atoms with van der Waals surface area (Å²) in [5.41, 5.74) is -0.351. The third-order valence-corrected chi connectivity index (χ3v) is 3.23. The Balaban J connectivity index is 1.93. The Hall–Kier alpha value is -1.06. The second-order valence-corrected chi connectivity index (χ2v) is 4.42. The van der Waals surface area contributed by atoms with Gasteiger partial charge >= 0.3 is 5.97 Å². The van der Waals surface area contributed by atoms with Crippen LogP contribution in [-0.4, -0.2) is 36.5 Å². The van der Waals surface area contributed by atoms with Crippen molar-refractivity contribution in [1.29, 1.82) is 0 Å². The Morgan fingerprint density at radius 2 is 2.27 bits per heavy atom. The number of carbonyl (C=O) groups excluding carboxylic acids is 2. The smallest absolute Gasteiger partial charge is 0.313 e. The molecule has 0 spiro atoms. The molecule has 2 rings (SSSR count). The molecule has 2 fully saturated rings. The lowest BCUT2D eigenvalue weighted by Gasteiger charge is -2.21. The molecule has 1 saturated heterocycles. The van der Waals surface area contributed by atoms with Gasteiger partial charge in [-0.3, -0.25) is 9.59 Å². The summed E-state index contributed by atoms with van der Waals surface area (Å²) in [4.78, 5) is 24.9. The summed E-state index contributed by atoms with van der Waals surface area (Å²) >= 11 is 0. The Labute approximate surface area is 89.6 Å². The molecule has 0 atom stereocenters. The zero-order valence-electron chi connectivity index (χ0n) is 9.12. The Kier molecular flexibility index (Phi) is 2.67. The highest BCUT2D eigenvalue weighted by molar-refractivity contribution is 5.83. The summed E-state index contributed by atoms with van der Waals surface area (Å²) in [6.07, 6.45) is 3.31. The second-order valence-electron chi connectivity index (χ2n) is 4.42. The number of hydrogen-bond donors (Lipinski definition) is 0. The summed E-state index contributed by atoms with van der Waals surface area (Å²) in [5, 5.41) is 0. The van der Waals surface area contributed by atoms with Crippen molar-refractivity contribution in [3.63, 3.8) is 0 Å². The number of amides is 1. The lowest BCUT2D eigenvalue weighted by Crippen LogP contribution is -2.36. The van der Waals surface area contributed by atoms with Crippen LogP contribution in [0.25, 0.3) is 0 Å². The van der Waals surface area contributed by atoms with Crippen LogP contribution in [0.2, 0.25) is 0 Å². The molecular formula is C11H17NO3. The number of ether oxygens (including phenoxy) is 1. The predicted molar refractivity (Wildman–Crippen MR) is 54.1 cm³/mol. The van der Waals surface area contributed by atoms with Gasteiger partial charge in [0.15, 0.2) is 0 Å². The zero-order valence-corrected chi connectivity index (χ0v) is 9.12. The summed E-state index contributed by atoms with van der Waals surface area (Å²) in [6, 6.07) is 0. The quantitative estimate of drug-likeness (QED) is 0.650. The summed E-state index contributed by atoms with van der Waals surface area (Å²) in [7, 11) is 0. The van der Waals surface area contributed by atoms with Crippen LogP contribution in [0.3, 0.4) is 0 Å². The normalized spacial score (nSPS) is 23.0. The standard InChI is InChI=1S/C11H17NO3/c1-2-15-10(14)11(5-6-11)8-12-7-3-4-9(12)13/h2-8H2,1H3. The van der Waals surface area contributed by atoms with E-state index in [0.29, 0.717) is 19.6 Å². The number of hydrogen-bond acceptors (Lipinski definition) is 3. The fourth-order valence-electron chi connectivity index (χ4n) is 2.10. The molecule has 4 heteroatoms. The van der Waals surface area contributed by atoms with Crippen molar-refractivity contribution < 1.29 is 14.3 Å². The van der Waals surface area contributed by atoms with Crippen LogP contribution in [0.15, 0.2) is 0 Å². The van der Waals surface area contributed by atoms with Crippen molar-refractivity contribution in [2.75, 3.05) is 19.7 Å². The van der Waals surface area contributed by atoms with E-state index < -0.39 is 0 Å². The third-order valence-electron chi connectivity index (χ3n) is 3.23. The lowest BCUT2D eigenvalue weighted by molar-refractivity contribution is -0.151. The Morgan fingerprint density at radius 3 is 2.73 bits per heavy atom. The Bertz CT molecular complexity index is 284. The number of carbonyl (C=O) groups is 2. The van der Waals surface area contributed by atoms with Crippen molar-refractivity contribution >= 4 is 11.9 Å². The molecule has 4 nitrogen and oxygen atoms in total. The third kappa shape index (κ3) is 1.98. The molecule has 0 aromatic rings. The van der Waals surface area contributed by atoms with Gasteiger partial charge in [-0.1, -0.05) is 0 Å². The van der Waals surface area contributed by atoms with Crippen LogP contribution < -0.4 is 0 Å². The van der Waals surface area contributed by atoms with E-state index in [1.807, 2.05) is 11.8 Å². The second kappa shape index (κ2) is 3.83. The van der Waals surface area contributed by atoms with Crippen molar-refractivity contribution in [3.05, 3.63) is 0 Å². The molecule has 0 unspecified atom stereocenters. The molecule has 1 amide bonds. The van der Waals surface area contributed by atoms with Crippen LogP contribution in [-0.2, 0) is 14.3 Å². The molecule has 0 radical (unpaired) electrons. The van der Waals surface area contributed by atoms with E-state index in [2.05, 4.69) is 0 Å². The van der Waals surface area contributed by atoms with Crippen LogP contribution >= 0.6 is 0 Å². The van der Waals surface area contributed by atoms with Gasteiger partial charge in [0.05, 0.1) is 12.0 Å². The van der Waals surface area contributed by atoms with Gasteiger partial charge in [0, 0.05) is 19.5 Å². The number of likely N-dealkylation sites (tertiary alicyclic amines) is 1. The minimum Gasteiger partial charge on any atom is -0.466 e.